The van der Waals surface area contributed by atoms with Crippen LogP contribution in [0.5, 0.6) is 0 Å². The number of β-amino-alcohol motifs (C(OH)–C–C–N with tert-alkyl or cyclic N) is 1. The van der Waals surface area contributed by atoms with Crippen LogP contribution in [0.1, 0.15) is 30.1 Å². The number of fused-ring (bicyclic) bond motifs is 1. The standard InChI is InChI=1S/C23H29FN2O4S/c24-19-8-10-21(11-9-19)31(28,29)26-14-12-25(13-15-26)16-20(27)17-30-23-7-3-5-18-4-1-2-6-22(18)23/h1-2,4,6,8-11,20,23,27H,3,5,7,12-17H2/t20-,23-/m0/s1. The van der Waals surface area contributed by atoms with Gasteiger partial charge in [-0.25, -0.2) is 12.8 Å². The van der Waals surface area contributed by atoms with Crippen LogP contribution in [-0.4, -0.2) is 68.2 Å². The van der Waals surface area contributed by atoms with E-state index in [-0.39, 0.29) is 17.6 Å². The third-order valence-corrected chi connectivity index (χ3v) is 7.97. The zero-order valence-electron chi connectivity index (χ0n) is 17.5. The van der Waals surface area contributed by atoms with Crippen molar-refractivity contribution in [1.29, 1.82) is 0 Å². The Morgan fingerprint density at radius 3 is 2.52 bits per heavy atom. The fourth-order valence-corrected chi connectivity index (χ4v) is 5.79. The van der Waals surface area contributed by atoms with Gasteiger partial charge in [-0.1, -0.05) is 24.3 Å². The summed E-state index contributed by atoms with van der Waals surface area (Å²) in [4.78, 5) is 2.16. The van der Waals surface area contributed by atoms with Gasteiger partial charge in [-0.15, -0.1) is 0 Å². The highest BCUT2D eigenvalue weighted by molar-refractivity contribution is 7.89. The third kappa shape index (κ3) is 5.32. The highest BCUT2D eigenvalue weighted by Gasteiger charge is 2.29. The van der Waals surface area contributed by atoms with Crippen molar-refractivity contribution in [2.75, 3.05) is 39.3 Å². The zero-order chi connectivity index (χ0) is 21.8. The molecule has 0 spiro atoms. The Hall–Kier alpha value is -1.84. The van der Waals surface area contributed by atoms with Gasteiger partial charge in [0.05, 0.1) is 23.7 Å². The van der Waals surface area contributed by atoms with Crippen LogP contribution in [0.15, 0.2) is 53.4 Å². The molecule has 0 aromatic heterocycles. The number of aliphatic hydroxyl groups excluding tert-OH is 1. The lowest BCUT2D eigenvalue weighted by Crippen LogP contribution is -2.50. The lowest BCUT2D eigenvalue weighted by Gasteiger charge is -2.35. The number of halogens is 1. The van der Waals surface area contributed by atoms with Gasteiger partial charge in [-0.3, -0.25) is 4.90 Å². The van der Waals surface area contributed by atoms with Gasteiger partial charge in [0.15, 0.2) is 0 Å². The summed E-state index contributed by atoms with van der Waals surface area (Å²) in [7, 11) is -3.63. The van der Waals surface area contributed by atoms with E-state index < -0.39 is 21.9 Å². The molecule has 0 amide bonds. The number of nitrogens with zero attached hydrogens (tertiary/aromatic N) is 2. The molecule has 6 nitrogen and oxygen atoms in total. The van der Waals surface area contributed by atoms with Crippen LogP contribution >= 0.6 is 0 Å². The predicted octanol–water partition coefficient (Wildman–Crippen LogP) is 2.59. The van der Waals surface area contributed by atoms with Gasteiger partial charge in [0, 0.05) is 32.7 Å². The summed E-state index contributed by atoms with van der Waals surface area (Å²) in [6.45, 7) is 2.44. The Morgan fingerprint density at radius 1 is 1.06 bits per heavy atom. The van der Waals surface area contributed by atoms with Crippen molar-refractivity contribution in [2.45, 2.75) is 36.4 Å². The van der Waals surface area contributed by atoms with Crippen molar-refractivity contribution < 1.29 is 22.7 Å². The first-order chi connectivity index (χ1) is 14.9. The average Bonchev–Trinajstić information content (AvgIpc) is 2.78. The van der Waals surface area contributed by atoms with E-state index >= 15 is 0 Å². The highest BCUT2D eigenvalue weighted by Crippen LogP contribution is 2.32. The first-order valence-corrected chi connectivity index (χ1v) is 12.2. The van der Waals surface area contributed by atoms with E-state index in [1.165, 1.54) is 27.6 Å². The average molecular weight is 449 g/mol. The predicted molar refractivity (Wildman–Crippen MR) is 116 cm³/mol. The normalized spacial score (nSPS) is 21.5. The fourth-order valence-electron chi connectivity index (χ4n) is 4.37. The minimum absolute atomic E-state index is 0.0253. The summed E-state index contributed by atoms with van der Waals surface area (Å²) >= 11 is 0. The minimum atomic E-state index is -3.63. The van der Waals surface area contributed by atoms with Crippen LogP contribution in [0, 0.1) is 5.82 Å². The number of hydrogen-bond donors (Lipinski definition) is 1. The molecule has 2 atom stereocenters. The van der Waals surface area contributed by atoms with E-state index in [0.29, 0.717) is 32.7 Å². The second-order valence-electron chi connectivity index (χ2n) is 8.23. The third-order valence-electron chi connectivity index (χ3n) is 6.06. The molecule has 1 heterocycles. The largest absolute Gasteiger partial charge is 0.389 e. The van der Waals surface area contributed by atoms with Gasteiger partial charge >= 0.3 is 0 Å². The van der Waals surface area contributed by atoms with Crippen LogP contribution in [-0.2, 0) is 21.2 Å². The molecule has 0 unspecified atom stereocenters. The summed E-state index contributed by atoms with van der Waals surface area (Å²) in [5.74, 6) is -0.461. The Labute approximate surface area is 183 Å². The molecule has 4 rings (SSSR count). The van der Waals surface area contributed by atoms with Crippen molar-refractivity contribution in [3.05, 3.63) is 65.5 Å². The Kier molecular flexibility index (Phi) is 7.03. The summed E-state index contributed by atoms with van der Waals surface area (Å²) in [6, 6.07) is 13.2. The number of aliphatic hydroxyl groups is 1. The van der Waals surface area contributed by atoms with Crippen molar-refractivity contribution in [1.82, 2.24) is 9.21 Å². The molecule has 1 aliphatic carbocycles. The Bertz CT molecular complexity index is 975. The van der Waals surface area contributed by atoms with Gasteiger partial charge in [0.1, 0.15) is 5.82 Å². The van der Waals surface area contributed by atoms with E-state index in [9.17, 15) is 17.9 Å². The van der Waals surface area contributed by atoms with E-state index in [4.69, 9.17) is 4.74 Å². The zero-order valence-corrected chi connectivity index (χ0v) is 18.3. The summed E-state index contributed by atoms with van der Waals surface area (Å²) < 4.78 is 46.0. The molecule has 31 heavy (non-hydrogen) atoms. The SMILES string of the molecule is O=S(=O)(c1ccc(F)cc1)N1CCN(C[C@H](O)CO[C@H]2CCCc3ccccc32)CC1. The molecule has 2 aromatic carbocycles. The molecule has 2 aliphatic rings. The van der Waals surface area contributed by atoms with Crippen LogP contribution in [0.2, 0.25) is 0 Å². The monoisotopic (exact) mass is 448 g/mol. The van der Waals surface area contributed by atoms with E-state index in [1.807, 2.05) is 12.1 Å². The number of piperazine rings is 1. The summed E-state index contributed by atoms with van der Waals surface area (Å²) in [6.07, 6.45) is 2.52. The van der Waals surface area contributed by atoms with Crippen LogP contribution < -0.4 is 0 Å². The van der Waals surface area contributed by atoms with Crippen molar-refractivity contribution in [3.8, 4) is 0 Å². The highest BCUT2D eigenvalue weighted by atomic mass is 32.2. The molecular weight excluding hydrogens is 419 g/mol. The molecule has 1 N–H and O–H groups in total. The van der Waals surface area contributed by atoms with Crippen LogP contribution in [0.25, 0.3) is 0 Å². The molecule has 8 heteroatoms. The Morgan fingerprint density at radius 2 is 1.77 bits per heavy atom. The quantitative estimate of drug-likeness (QED) is 0.705. The number of sulfonamides is 1. The maximum absolute atomic E-state index is 13.1. The second kappa shape index (κ2) is 9.75. The second-order valence-corrected chi connectivity index (χ2v) is 10.2. The van der Waals surface area contributed by atoms with Gasteiger partial charge in [0.2, 0.25) is 10.0 Å². The lowest BCUT2D eigenvalue weighted by atomic mass is 9.89. The van der Waals surface area contributed by atoms with Crippen LogP contribution in [0.3, 0.4) is 0 Å². The van der Waals surface area contributed by atoms with Crippen molar-refractivity contribution in [2.24, 2.45) is 0 Å². The van der Waals surface area contributed by atoms with Crippen molar-refractivity contribution >= 4 is 10.0 Å². The smallest absolute Gasteiger partial charge is 0.243 e. The van der Waals surface area contributed by atoms with E-state index in [2.05, 4.69) is 17.0 Å². The number of ether oxygens (including phenoxy) is 1. The molecule has 0 radical (unpaired) electrons. The molecule has 1 saturated heterocycles. The van der Waals surface area contributed by atoms with Gasteiger partial charge in [-0.2, -0.15) is 4.31 Å². The first kappa shape index (κ1) is 22.4. The maximum atomic E-state index is 13.1. The lowest BCUT2D eigenvalue weighted by molar-refractivity contribution is -0.0304. The molecule has 0 bridgehead atoms. The summed E-state index contributed by atoms with van der Waals surface area (Å²) in [5.41, 5.74) is 2.55. The molecule has 168 valence electrons. The van der Waals surface area contributed by atoms with E-state index in [1.54, 1.807) is 0 Å². The number of rotatable bonds is 7. The minimum Gasteiger partial charge on any atom is -0.389 e. The maximum Gasteiger partial charge on any atom is 0.243 e. The number of benzene rings is 2. The molecular formula is C23H29FN2O4S. The first-order valence-electron chi connectivity index (χ1n) is 10.8. The molecule has 1 fully saturated rings. The Balaban J connectivity index is 1.25. The van der Waals surface area contributed by atoms with Gasteiger partial charge in [0.25, 0.3) is 0 Å². The molecule has 1 aliphatic heterocycles. The van der Waals surface area contributed by atoms with Gasteiger partial charge in [-0.05, 0) is 54.7 Å². The topological polar surface area (TPSA) is 70.1 Å². The van der Waals surface area contributed by atoms with E-state index in [0.717, 1.165) is 31.4 Å². The molecule has 2 aromatic rings. The van der Waals surface area contributed by atoms with Crippen LogP contribution in [0.4, 0.5) is 4.39 Å². The number of aryl methyl sites for hydroxylation is 1. The van der Waals surface area contributed by atoms with Crippen molar-refractivity contribution in [3.63, 3.8) is 0 Å². The summed E-state index contributed by atoms with van der Waals surface area (Å²) in [5, 5.41) is 10.5. The fraction of sp³-hybridized carbons (Fsp3) is 0.478. The molecule has 0 saturated carbocycles. The number of hydrogen-bond acceptors (Lipinski definition) is 5. The van der Waals surface area contributed by atoms with Gasteiger partial charge < -0.3 is 9.84 Å².